The molecule has 1 aromatic heterocycles. The van der Waals surface area contributed by atoms with Crippen LogP contribution >= 0.6 is 0 Å². The molecule has 0 spiro atoms. The van der Waals surface area contributed by atoms with Gasteiger partial charge in [-0.1, -0.05) is 12.8 Å². The van der Waals surface area contributed by atoms with Crippen LogP contribution in [0.3, 0.4) is 0 Å². The van der Waals surface area contributed by atoms with Gasteiger partial charge in [0.1, 0.15) is 5.75 Å². The number of fused-ring (bicyclic) bond motifs is 1. The highest BCUT2D eigenvalue weighted by Crippen LogP contribution is 2.38. The van der Waals surface area contributed by atoms with Crippen molar-refractivity contribution in [2.45, 2.75) is 52.0 Å². The first-order valence-corrected chi connectivity index (χ1v) is 9.67. The van der Waals surface area contributed by atoms with Gasteiger partial charge in [-0.2, -0.15) is 0 Å². The average molecular weight is 372 g/mol. The zero-order valence-electron chi connectivity index (χ0n) is 16.3. The van der Waals surface area contributed by atoms with E-state index in [1.165, 1.54) is 12.8 Å². The van der Waals surface area contributed by atoms with Gasteiger partial charge in [0, 0.05) is 35.7 Å². The van der Waals surface area contributed by atoms with Crippen molar-refractivity contribution in [3.05, 3.63) is 29.5 Å². The fourth-order valence-electron chi connectivity index (χ4n) is 4.24. The molecule has 3 rings (SSSR count). The number of aromatic nitrogens is 1. The lowest BCUT2D eigenvalue weighted by molar-refractivity contribution is -0.137. The zero-order valence-corrected chi connectivity index (χ0v) is 16.3. The molecule has 1 saturated carbocycles. The summed E-state index contributed by atoms with van der Waals surface area (Å²) in [5.74, 6) is -0.284. The first-order chi connectivity index (χ1) is 13.0. The van der Waals surface area contributed by atoms with E-state index in [0.29, 0.717) is 23.9 Å². The van der Waals surface area contributed by atoms with Gasteiger partial charge in [0.05, 0.1) is 19.1 Å². The van der Waals surface area contributed by atoms with Crippen molar-refractivity contribution >= 4 is 22.8 Å². The maximum absolute atomic E-state index is 13.3. The third-order valence-electron chi connectivity index (χ3n) is 5.62. The third-order valence-corrected chi connectivity index (χ3v) is 5.62. The lowest BCUT2D eigenvalue weighted by atomic mass is 10.1. The Morgan fingerprint density at radius 3 is 2.59 bits per heavy atom. The molecule has 0 unspecified atom stereocenters. The fraction of sp³-hybridized carbons (Fsp3) is 0.524. The van der Waals surface area contributed by atoms with Gasteiger partial charge >= 0.3 is 5.97 Å². The number of carboxylic acids is 1. The molecule has 1 N–H and O–H groups in total. The summed E-state index contributed by atoms with van der Waals surface area (Å²) in [5.41, 5.74) is 2.69. The highest BCUT2D eigenvalue weighted by atomic mass is 16.5. The molecule has 1 heterocycles. The summed E-state index contributed by atoms with van der Waals surface area (Å²) in [6, 6.07) is 6.30. The number of rotatable bonds is 7. The van der Waals surface area contributed by atoms with E-state index < -0.39 is 5.97 Å². The molecule has 1 amide bonds. The summed E-state index contributed by atoms with van der Waals surface area (Å²) in [6.45, 7) is 4.57. The Kier molecular flexibility index (Phi) is 5.73. The molecule has 1 fully saturated rings. The summed E-state index contributed by atoms with van der Waals surface area (Å²) < 4.78 is 7.69. The van der Waals surface area contributed by atoms with Crippen LogP contribution in [0.15, 0.2) is 18.2 Å². The van der Waals surface area contributed by atoms with E-state index in [-0.39, 0.29) is 18.9 Å². The second-order valence-corrected chi connectivity index (χ2v) is 7.18. The van der Waals surface area contributed by atoms with Gasteiger partial charge in [0.2, 0.25) is 0 Å². The molecule has 2 aromatic rings. The highest BCUT2D eigenvalue weighted by Gasteiger charge is 2.28. The van der Waals surface area contributed by atoms with Gasteiger partial charge in [-0.05, 0) is 44.9 Å². The Morgan fingerprint density at radius 1 is 1.30 bits per heavy atom. The Bertz CT molecular complexity index is 849. The Balaban J connectivity index is 2.11. The van der Waals surface area contributed by atoms with Crippen LogP contribution in [0.5, 0.6) is 5.75 Å². The number of amides is 1. The number of carboxylic acid groups (broad SMARTS) is 1. The Hall–Kier alpha value is -2.50. The SMILES string of the molecule is CCN(CCC(=O)O)C(=O)c1c(C)n(C2CCCC2)c2ccc(OC)cc12. The van der Waals surface area contributed by atoms with Crippen molar-refractivity contribution in [3.8, 4) is 5.75 Å². The number of benzene rings is 1. The molecular weight excluding hydrogens is 344 g/mol. The van der Waals surface area contributed by atoms with E-state index in [2.05, 4.69) is 4.57 Å². The molecule has 0 bridgehead atoms. The van der Waals surface area contributed by atoms with E-state index in [0.717, 1.165) is 29.4 Å². The number of ether oxygens (including phenoxy) is 1. The van der Waals surface area contributed by atoms with Crippen LogP contribution in [-0.4, -0.2) is 46.6 Å². The highest BCUT2D eigenvalue weighted by molar-refractivity contribution is 6.09. The lowest BCUT2D eigenvalue weighted by Gasteiger charge is -2.21. The van der Waals surface area contributed by atoms with Crippen molar-refractivity contribution in [1.29, 1.82) is 0 Å². The number of carbonyl (C=O) groups excluding carboxylic acids is 1. The van der Waals surface area contributed by atoms with Crippen molar-refractivity contribution in [2.24, 2.45) is 0 Å². The summed E-state index contributed by atoms with van der Waals surface area (Å²) >= 11 is 0. The van der Waals surface area contributed by atoms with Crippen LogP contribution in [0, 0.1) is 6.92 Å². The summed E-state index contributed by atoms with van der Waals surface area (Å²) in [6.07, 6.45) is 4.62. The summed E-state index contributed by atoms with van der Waals surface area (Å²) in [5, 5.41) is 9.88. The van der Waals surface area contributed by atoms with Gasteiger partial charge in [-0.25, -0.2) is 0 Å². The van der Waals surface area contributed by atoms with Crippen LogP contribution in [0.4, 0.5) is 0 Å². The molecule has 6 nitrogen and oxygen atoms in total. The van der Waals surface area contributed by atoms with Crippen LogP contribution in [0.1, 0.15) is 61.1 Å². The smallest absolute Gasteiger partial charge is 0.305 e. The minimum absolute atomic E-state index is 0.0524. The standard InChI is InChI=1S/C21H28N2O4/c1-4-22(12-11-19(24)25)21(26)20-14(2)23(15-7-5-6-8-15)18-10-9-16(27-3)13-17(18)20/h9-10,13,15H,4-8,11-12H2,1-3H3,(H,24,25). The normalized spacial score (nSPS) is 14.6. The van der Waals surface area contributed by atoms with Gasteiger partial charge < -0.3 is 19.3 Å². The first kappa shape index (κ1) is 19.3. The lowest BCUT2D eigenvalue weighted by Crippen LogP contribution is -2.33. The minimum atomic E-state index is -0.895. The summed E-state index contributed by atoms with van der Waals surface area (Å²) in [7, 11) is 1.62. The molecular formula is C21H28N2O4. The van der Waals surface area contributed by atoms with Gasteiger partial charge in [-0.3, -0.25) is 9.59 Å². The predicted molar refractivity (Wildman–Crippen MR) is 105 cm³/mol. The van der Waals surface area contributed by atoms with Crippen LogP contribution in [0.25, 0.3) is 10.9 Å². The molecule has 0 radical (unpaired) electrons. The molecule has 27 heavy (non-hydrogen) atoms. The van der Waals surface area contributed by atoms with E-state index in [1.54, 1.807) is 12.0 Å². The molecule has 0 atom stereocenters. The molecule has 0 aliphatic heterocycles. The quantitative estimate of drug-likeness (QED) is 0.797. The number of nitrogens with zero attached hydrogens (tertiary/aromatic N) is 2. The average Bonchev–Trinajstić information content (AvgIpc) is 3.26. The van der Waals surface area contributed by atoms with Crippen molar-refractivity contribution < 1.29 is 19.4 Å². The third kappa shape index (κ3) is 3.66. The maximum atomic E-state index is 13.3. The number of aliphatic carboxylic acids is 1. The molecule has 1 aliphatic rings. The number of hydrogen-bond acceptors (Lipinski definition) is 3. The van der Waals surface area contributed by atoms with E-state index in [4.69, 9.17) is 9.84 Å². The Labute approximate surface area is 159 Å². The molecule has 1 aliphatic carbocycles. The molecule has 0 saturated heterocycles. The fourth-order valence-corrected chi connectivity index (χ4v) is 4.24. The second kappa shape index (κ2) is 8.03. The zero-order chi connectivity index (χ0) is 19.6. The van der Waals surface area contributed by atoms with Crippen LogP contribution in [0.2, 0.25) is 0 Å². The van der Waals surface area contributed by atoms with Gasteiger partial charge in [0.25, 0.3) is 5.91 Å². The second-order valence-electron chi connectivity index (χ2n) is 7.18. The molecule has 6 heteroatoms. The van der Waals surface area contributed by atoms with Gasteiger partial charge in [0.15, 0.2) is 0 Å². The number of carbonyl (C=O) groups is 2. The number of hydrogen-bond donors (Lipinski definition) is 1. The van der Waals surface area contributed by atoms with E-state index in [1.807, 2.05) is 32.0 Å². The van der Waals surface area contributed by atoms with Gasteiger partial charge in [-0.15, -0.1) is 0 Å². The van der Waals surface area contributed by atoms with Crippen LogP contribution in [-0.2, 0) is 4.79 Å². The predicted octanol–water partition coefficient (Wildman–Crippen LogP) is 4.01. The maximum Gasteiger partial charge on any atom is 0.305 e. The van der Waals surface area contributed by atoms with E-state index >= 15 is 0 Å². The van der Waals surface area contributed by atoms with Crippen molar-refractivity contribution in [3.63, 3.8) is 0 Å². The Morgan fingerprint density at radius 2 is 2.00 bits per heavy atom. The number of methoxy groups -OCH3 is 1. The summed E-state index contributed by atoms with van der Waals surface area (Å²) in [4.78, 5) is 25.9. The van der Waals surface area contributed by atoms with E-state index in [9.17, 15) is 9.59 Å². The first-order valence-electron chi connectivity index (χ1n) is 9.67. The monoisotopic (exact) mass is 372 g/mol. The van der Waals surface area contributed by atoms with Crippen molar-refractivity contribution in [2.75, 3.05) is 20.2 Å². The topological polar surface area (TPSA) is 71.8 Å². The van der Waals surface area contributed by atoms with Crippen molar-refractivity contribution in [1.82, 2.24) is 9.47 Å². The molecule has 1 aromatic carbocycles. The largest absolute Gasteiger partial charge is 0.497 e. The minimum Gasteiger partial charge on any atom is -0.497 e. The molecule has 146 valence electrons. The van der Waals surface area contributed by atoms with Crippen LogP contribution < -0.4 is 4.74 Å².